The van der Waals surface area contributed by atoms with Crippen LogP contribution in [0.4, 0.5) is 26.3 Å². The number of piperazine rings is 1. The van der Waals surface area contributed by atoms with Crippen LogP contribution in [0.25, 0.3) is 10.9 Å². The number of benzene rings is 2. The average Bonchev–Trinajstić information content (AvgIpc) is 3.28. The first-order chi connectivity index (χ1) is 18.3. The molecule has 0 bridgehead atoms. The van der Waals surface area contributed by atoms with Crippen LogP contribution in [0.1, 0.15) is 40.4 Å². The molecule has 2 N–H and O–H groups in total. The molecule has 1 saturated heterocycles. The minimum atomic E-state index is -5.05. The Balaban J connectivity index is 0.00000441. The van der Waals surface area contributed by atoms with Crippen LogP contribution in [0, 0.1) is 0 Å². The predicted molar refractivity (Wildman–Crippen MR) is 140 cm³/mol. The Morgan fingerprint density at radius 1 is 1.00 bits per heavy atom. The number of H-pyrrole nitrogens is 1. The van der Waals surface area contributed by atoms with Crippen LogP contribution in [0.3, 0.4) is 0 Å². The third-order valence-corrected chi connectivity index (χ3v) is 6.82. The summed E-state index contributed by atoms with van der Waals surface area (Å²) in [6.45, 7) is 3.38. The second-order valence-electron chi connectivity index (χ2n) is 9.65. The predicted octanol–water partition coefficient (Wildman–Crippen LogP) is 5.52. The number of carbonyl (C=O) groups is 2. The molecule has 218 valence electrons. The minimum absolute atomic E-state index is 0. The second kappa shape index (κ2) is 12.5. The first-order valence-corrected chi connectivity index (χ1v) is 12.4. The lowest BCUT2D eigenvalue weighted by molar-refractivity contribution is -0.143. The molecule has 2 aromatic carbocycles. The summed E-state index contributed by atoms with van der Waals surface area (Å²) in [6, 6.07) is 8.01. The van der Waals surface area contributed by atoms with E-state index in [0.29, 0.717) is 51.2 Å². The van der Waals surface area contributed by atoms with E-state index < -0.39 is 41.0 Å². The summed E-state index contributed by atoms with van der Waals surface area (Å²) in [5, 5.41) is 3.64. The molecule has 1 aliphatic rings. The Hall–Kier alpha value is -3.25. The van der Waals surface area contributed by atoms with Gasteiger partial charge in [-0.05, 0) is 49.2 Å². The molecule has 2 amide bonds. The number of hydrogen-bond acceptors (Lipinski definition) is 3. The van der Waals surface area contributed by atoms with Crippen molar-refractivity contribution < 1.29 is 35.9 Å². The summed E-state index contributed by atoms with van der Waals surface area (Å²) in [4.78, 5) is 31.3. The highest BCUT2D eigenvalue weighted by molar-refractivity contribution is 5.95. The van der Waals surface area contributed by atoms with Crippen molar-refractivity contribution in [2.45, 2.75) is 38.2 Å². The van der Waals surface area contributed by atoms with Gasteiger partial charge >= 0.3 is 12.4 Å². The molecule has 1 aliphatic heterocycles. The van der Waals surface area contributed by atoms with E-state index in [1.165, 1.54) is 11.8 Å². The molecular weight excluding hydrogens is 562 g/mol. The van der Waals surface area contributed by atoms with Crippen LogP contribution in [0.15, 0.2) is 48.7 Å². The molecule has 0 spiro atoms. The SMILES string of the molecule is CC(=O)NCCCN1CCN(C(=O)c2cc(C(F)(F)F)cc(C(F)(F)F)c2)[C@H](Cc2c[nH]c3ccccc23)C1.Cl. The zero-order chi connectivity index (χ0) is 28.4. The van der Waals surface area contributed by atoms with Crippen molar-refractivity contribution in [1.82, 2.24) is 20.1 Å². The molecule has 1 atom stereocenters. The number of carbonyl (C=O) groups excluding carboxylic acids is 2. The zero-order valence-corrected chi connectivity index (χ0v) is 22.3. The average molecular weight is 591 g/mol. The first-order valence-electron chi connectivity index (χ1n) is 12.4. The Morgan fingerprint density at radius 3 is 2.27 bits per heavy atom. The number of fused-ring (bicyclic) bond motifs is 1. The van der Waals surface area contributed by atoms with Gasteiger partial charge in [-0.2, -0.15) is 26.3 Å². The first kappa shape index (κ1) is 31.3. The van der Waals surface area contributed by atoms with Crippen LogP contribution in [-0.4, -0.2) is 65.4 Å². The van der Waals surface area contributed by atoms with Gasteiger partial charge in [0.15, 0.2) is 0 Å². The summed E-state index contributed by atoms with van der Waals surface area (Å²) >= 11 is 0. The Labute approximate surface area is 233 Å². The van der Waals surface area contributed by atoms with Gasteiger partial charge in [0.05, 0.1) is 11.1 Å². The lowest BCUT2D eigenvalue weighted by Crippen LogP contribution is -2.56. The van der Waals surface area contributed by atoms with E-state index in [4.69, 9.17) is 0 Å². The fourth-order valence-electron chi connectivity index (χ4n) is 4.93. The van der Waals surface area contributed by atoms with Crippen LogP contribution in [0.5, 0.6) is 0 Å². The second-order valence-corrected chi connectivity index (χ2v) is 9.65. The molecule has 0 aliphatic carbocycles. The van der Waals surface area contributed by atoms with Gasteiger partial charge in [0.2, 0.25) is 5.91 Å². The van der Waals surface area contributed by atoms with Gasteiger partial charge in [-0.25, -0.2) is 0 Å². The number of hydrogen-bond donors (Lipinski definition) is 2. The van der Waals surface area contributed by atoms with Gasteiger partial charge < -0.3 is 15.2 Å². The zero-order valence-electron chi connectivity index (χ0n) is 21.5. The van der Waals surface area contributed by atoms with Crippen LogP contribution >= 0.6 is 12.4 Å². The van der Waals surface area contributed by atoms with E-state index in [0.717, 1.165) is 16.5 Å². The molecule has 4 rings (SSSR count). The largest absolute Gasteiger partial charge is 0.416 e. The Bertz CT molecular complexity index is 1310. The maximum Gasteiger partial charge on any atom is 0.416 e. The highest BCUT2D eigenvalue weighted by Crippen LogP contribution is 2.37. The van der Waals surface area contributed by atoms with Gasteiger partial charge in [0.25, 0.3) is 5.91 Å². The molecule has 0 radical (unpaired) electrons. The van der Waals surface area contributed by atoms with Crippen molar-refractivity contribution >= 4 is 35.1 Å². The Morgan fingerprint density at radius 2 is 1.65 bits per heavy atom. The molecule has 3 aromatic rings. The van der Waals surface area contributed by atoms with Crippen molar-refractivity contribution in [2.24, 2.45) is 0 Å². The van der Waals surface area contributed by atoms with Gasteiger partial charge in [-0.15, -0.1) is 12.4 Å². The normalized spacial score (nSPS) is 16.6. The topological polar surface area (TPSA) is 68.4 Å². The number of aromatic amines is 1. The van der Waals surface area contributed by atoms with E-state index >= 15 is 0 Å². The van der Waals surface area contributed by atoms with Gasteiger partial charge in [0.1, 0.15) is 0 Å². The summed E-state index contributed by atoms with van der Waals surface area (Å²) in [5.41, 5.74) is -1.94. The molecule has 1 fully saturated rings. The summed E-state index contributed by atoms with van der Waals surface area (Å²) < 4.78 is 80.6. The number of alkyl halides is 6. The summed E-state index contributed by atoms with van der Waals surface area (Å²) in [5.74, 6) is -1.03. The number of para-hydroxylation sites is 1. The lowest BCUT2D eigenvalue weighted by Gasteiger charge is -2.42. The van der Waals surface area contributed by atoms with E-state index in [9.17, 15) is 35.9 Å². The maximum absolute atomic E-state index is 13.5. The molecule has 1 aromatic heterocycles. The number of aromatic nitrogens is 1. The summed E-state index contributed by atoms with van der Waals surface area (Å²) in [6.07, 6.45) is -7.30. The van der Waals surface area contributed by atoms with Crippen molar-refractivity contribution in [3.8, 4) is 0 Å². The molecule has 13 heteroatoms. The van der Waals surface area contributed by atoms with E-state index in [1.54, 1.807) is 6.20 Å². The summed E-state index contributed by atoms with van der Waals surface area (Å²) in [7, 11) is 0. The highest BCUT2D eigenvalue weighted by atomic mass is 35.5. The smallest absolute Gasteiger partial charge is 0.361 e. The number of halogens is 7. The van der Waals surface area contributed by atoms with Gasteiger partial charge in [0, 0.05) is 61.8 Å². The molecule has 2 heterocycles. The fraction of sp³-hybridized carbons (Fsp3) is 0.407. The third kappa shape index (κ3) is 7.48. The quantitative estimate of drug-likeness (QED) is 0.281. The molecule has 0 unspecified atom stereocenters. The van der Waals surface area contributed by atoms with Crippen LogP contribution in [0.2, 0.25) is 0 Å². The highest BCUT2D eigenvalue weighted by Gasteiger charge is 2.39. The van der Waals surface area contributed by atoms with Crippen molar-refractivity contribution in [2.75, 3.05) is 32.7 Å². The molecular formula is C27H29ClF6N4O2. The molecule has 40 heavy (non-hydrogen) atoms. The van der Waals surface area contributed by atoms with Crippen LogP contribution < -0.4 is 5.32 Å². The Kier molecular flexibility index (Phi) is 9.78. The number of amides is 2. The monoisotopic (exact) mass is 590 g/mol. The van der Waals surface area contributed by atoms with Crippen molar-refractivity contribution in [3.05, 3.63) is 70.9 Å². The van der Waals surface area contributed by atoms with Gasteiger partial charge in [-0.3, -0.25) is 14.5 Å². The fourth-order valence-corrected chi connectivity index (χ4v) is 4.93. The van der Waals surface area contributed by atoms with Crippen molar-refractivity contribution in [1.29, 1.82) is 0 Å². The molecule has 6 nitrogen and oxygen atoms in total. The minimum Gasteiger partial charge on any atom is -0.361 e. The van der Waals surface area contributed by atoms with Gasteiger partial charge in [-0.1, -0.05) is 18.2 Å². The van der Waals surface area contributed by atoms with E-state index in [2.05, 4.69) is 15.2 Å². The molecule has 0 saturated carbocycles. The number of nitrogens with one attached hydrogen (secondary N) is 2. The maximum atomic E-state index is 13.5. The number of rotatable bonds is 7. The third-order valence-electron chi connectivity index (χ3n) is 6.82. The lowest BCUT2D eigenvalue weighted by atomic mass is 9.98. The van der Waals surface area contributed by atoms with Crippen molar-refractivity contribution in [3.63, 3.8) is 0 Å². The van der Waals surface area contributed by atoms with E-state index in [1.807, 2.05) is 24.3 Å². The number of nitrogens with zero attached hydrogens (tertiary/aromatic N) is 2. The van der Waals surface area contributed by atoms with E-state index in [-0.39, 0.29) is 30.9 Å². The standard InChI is InChI=1S/C27H28F6N4O2.ClH/c1-17(38)34-7-4-8-36-9-10-37(22(16-36)13-19-15-35-24-6-3-2-5-23(19)24)25(39)18-11-20(26(28,29)30)14-21(12-18)27(31,32)33;/h2-3,5-6,11-12,14-15,22,35H,4,7-10,13,16H2,1H3,(H,34,38);1H/t22-;/m1./s1. The van der Waals surface area contributed by atoms with Crippen LogP contribution in [-0.2, 0) is 23.6 Å².